The molecule has 0 N–H and O–H groups in total. The summed E-state index contributed by atoms with van der Waals surface area (Å²) in [5.41, 5.74) is -0.625. The molecule has 2 unspecified atom stereocenters. The first-order valence-corrected chi connectivity index (χ1v) is 14.3. The third-order valence-corrected chi connectivity index (χ3v) is 8.42. The molecule has 11 nitrogen and oxygen atoms in total. The molecule has 13 heteroatoms. The Labute approximate surface area is 237 Å². The van der Waals surface area contributed by atoms with Gasteiger partial charge in [-0.15, -0.1) is 0 Å². The van der Waals surface area contributed by atoms with Crippen molar-refractivity contribution in [2.75, 3.05) is 44.4 Å². The van der Waals surface area contributed by atoms with Gasteiger partial charge in [-0.3, -0.25) is 4.90 Å². The van der Waals surface area contributed by atoms with E-state index in [0.29, 0.717) is 43.5 Å². The highest BCUT2D eigenvalue weighted by Crippen LogP contribution is 2.42. The minimum absolute atomic E-state index is 0.000691. The van der Waals surface area contributed by atoms with Gasteiger partial charge in [0.05, 0.1) is 19.3 Å². The lowest BCUT2D eigenvalue weighted by molar-refractivity contribution is -0.0101. The van der Waals surface area contributed by atoms with Crippen molar-refractivity contribution in [1.29, 1.82) is 0 Å². The van der Waals surface area contributed by atoms with Crippen LogP contribution in [0.25, 0.3) is 10.9 Å². The van der Waals surface area contributed by atoms with Crippen LogP contribution >= 0.6 is 11.6 Å². The number of aromatic nitrogens is 3. The van der Waals surface area contributed by atoms with Crippen molar-refractivity contribution < 1.29 is 28.1 Å². The summed E-state index contributed by atoms with van der Waals surface area (Å²) < 4.78 is 39.1. The molecular weight excluding hydrogens is 543 g/mol. The van der Waals surface area contributed by atoms with Crippen LogP contribution < -0.4 is 14.4 Å². The number of morpholine rings is 1. The van der Waals surface area contributed by atoms with Crippen LogP contribution in [0.15, 0.2) is 0 Å². The first-order valence-electron chi connectivity index (χ1n) is 14.0. The Kier molecular flexibility index (Phi) is 7.07. The van der Waals surface area contributed by atoms with Gasteiger partial charge in [0.15, 0.2) is 11.0 Å². The minimum Gasteiger partial charge on any atom is -0.472 e. The van der Waals surface area contributed by atoms with Gasteiger partial charge in [0, 0.05) is 37.8 Å². The second-order valence-electron chi connectivity index (χ2n) is 12.1. The summed E-state index contributed by atoms with van der Waals surface area (Å²) in [5.74, 6) is -0.134. The smallest absolute Gasteiger partial charge is 0.410 e. The van der Waals surface area contributed by atoms with Crippen LogP contribution in [0, 0.1) is 5.82 Å². The molecular formula is C27H36ClFN6O5. The second kappa shape index (κ2) is 10.3. The van der Waals surface area contributed by atoms with Crippen LogP contribution in [0.5, 0.6) is 11.9 Å². The second-order valence-corrected chi connectivity index (χ2v) is 12.5. The van der Waals surface area contributed by atoms with E-state index in [2.05, 4.69) is 14.9 Å². The molecule has 3 fully saturated rings. The number of hydrogen-bond acceptors (Lipinski definition) is 10. The molecule has 2 aromatic rings. The van der Waals surface area contributed by atoms with Crippen molar-refractivity contribution in [3.05, 3.63) is 11.0 Å². The van der Waals surface area contributed by atoms with E-state index in [1.807, 2.05) is 39.5 Å². The predicted molar refractivity (Wildman–Crippen MR) is 146 cm³/mol. The zero-order valence-corrected chi connectivity index (χ0v) is 24.3. The largest absolute Gasteiger partial charge is 0.472 e. The van der Waals surface area contributed by atoms with Gasteiger partial charge < -0.3 is 28.7 Å². The van der Waals surface area contributed by atoms with Crippen molar-refractivity contribution >= 4 is 34.4 Å². The Morgan fingerprint density at radius 1 is 1.18 bits per heavy atom. The maximum Gasteiger partial charge on any atom is 0.410 e. The number of piperazine rings is 1. The van der Waals surface area contributed by atoms with E-state index < -0.39 is 23.6 Å². The molecule has 3 saturated heterocycles. The number of rotatable bonds is 3. The lowest BCUT2D eigenvalue weighted by Crippen LogP contribution is -2.63. The van der Waals surface area contributed by atoms with E-state index in [1.54, 1.807) is 4.90 Å². The Morgan fingerprint density at radius 2 is 1.98 bits per heavy atom. The molecule has 6 heterocycles. The topological polar surface area (TPSA) is 102 Å². The fourth-order valence-corrected chi connectivity index (χ4v) is 6.37. The SMILES string of the molecule is CC1CN2c3nc(OCC4CC[C@H]5COCCN45)nc4c(F)c(Cl)nc(c34)O[C@@H](C)[C@@H]2CN1C(=O)OC(C)(C)C. The number of fused-ring (bicyclic) bond motifs is 3. The van der Waals surface area contributed by atoms with Crippen molar-refractivity contribution in [1.82, 2.24) is 24.8 Å². The molecule has 0 aromatic carbocycles. The first-order chi connectivity index (χ1) is 19.0. The number of carbonyl (C=O) groups is 1. The summed E-state index contributed by atoms with van der Waals surface area (Å²) in [6.45, 7) is 12.8. The maximum atomic E-state index is 15.4. The van der Waals surface area contributed by atoms with Crippen LogP contribution in [-0.4, -0.2) is 106 Å². The van der Waals surface area contributed by atoms with Crippen LogP contribution in [0.3, 0.4) is 0 Å². The highest BCUT2D eigenvalue weighted by Gasteiger charge is 2.44. The molecule has 5 atom stereocenters. The normalized spacial score (nSPS) is 28.5. The first kappa shape index (κ1) is 27.5. The maximum absolute atomic E-state index is 15.4. The quantitative estimate of drug-likeness (QED) is 0.501. The standard InChI is InChI=1S/C27H36ClFN6O5/c1-14-10-35-18(11-34(14)26(36)40-27(3,4)5)15(2)39-24-19-21(20(29)22(28)31-24)30-25(32-23(19)35)38-13-17-7-6-16-12-37-9-8-33(16)17/h14-18H,6-13H2,1-5H3/t14?,15-,16-,17?,18-/m0/s1. The third-order valence-electron chi connectivity index (χ3n) is 8.17. The Hall–Kier alpha value is -2.70. The summed E-state index contributed by atoms with van der Waals surface area (Å²) in [5, 5.41) is 0.0106. The molecule has 2 aromatic heterocycles. The Morgan fingerprint density at radius 3 is 2.75 bits per heavy atom. The average molecular weight is 579 g/mol. The number of amides is 1. The molecule has 0 bridgehead atoms. The summed E-state index contributed by atoms with van der Waals surface area (Å²) in [4.78, 5) is 32.7. The number of halogens is 2. The molecule has 1 amide bonds. The van der Waals surface area contributed by atoms with E-state index in [-0.39, 0.29) is 40.7 Å². The van der Waals surface area contributed by atoms with E-state index in [4.69, 9.17) is 35.5 Å². The summed E-state index contributed by atoms with van der Waals surface area (Å²) >= 11 is 6.19. The molecule has 4 aliphatic rings. The number of pyridine rings is 1. The van der Waals surface area contributed by atoms with E-state index in [9.17, 15) is 4.79 Å². The van der Waals surface area contributed by atoms with E-state index >= 15 is 4.39 Å². The van der Waals surface area contributed by atoms with Crippen LogP contribution in [-0.2, 0) is 9.47 Å². The Balaban J connectivity index is 1.34. The van der Waals surface area contributed by atoms with Crippen molar-refractivity contribution in [2.45, 2.75) is 83.3 Å². The van der Waals surface area contributed by atoms with E-state index in [1.165, 1.54) is 0 Å². The highest BCUT2D eigenvalue weighted by atomic mass is 35.5. The van der Waals surface area contributed by atoms with Crippen molar-refractivity contribution in [3.8, 4) is 11.9 Å². The predicted octanol–water partition coefficient (Wildman–Crippen LogP) is 3.65. The lowest BCUT2D eigenvalue weighted by atomic mass is 10.0. The van der Waals surface area contributed by atoms with E-state index in [0.717, 1.165) is 26.0 Å². The number of carbonyl (C=O) groups excluding carboxylic acids is 1. The van der Waals surface area contributed by atoms with Crippen LogP contribution in [0.1, 0.15) is 47.5 Å². The average Bonchev–Trinajstić information content (AvgIpc) is 3.27. The molecule has 0 saturated carbocycles. The van der Waals surface area contributed by atoms with Crippen molar-refractivity contribution in [3.63, 3.8) is 0 Å². The fraction of sp³-hybridized carbons (Fsp3) is 0.704. The van der Waals surface area contributed by atoms with Crippen molar-refractivity contribution in [2.24, 2.45) is 0 Å². The fourth-order valence-electron chi connectivity index (χ4n) is 6.21. The molecule has 0 spiro atoms. The third kappa shape index (κ3) is 4.98. The number of hydrogen-bond donors (Lipinski definition) is 0. The number of anilines is 1. The summed E-state index contributed by atoms with van der Waals surface area (Å²) in [6.07, 6.45) is 1.22. The molecule has 0 radical (unpaired) electrons. The van der Waals surface area contributed by atoms with Gasteiger partial charge in [0.1, 0.15) is 35.0 Å². The molecule has 218 valence electrons. The van der Waals surface area contributed by atoms with Gasteiger partial charge in [-0.2, -0.15) is 15.0 Å². The molecule has 6 rings (SSSR count). The molecule has 4 aliphatic heterocycles. The van der Waals surface area contributed by atoms with Gasteiger partial charge in [-0.05, 0) is 47.5 Å². The molecule has 0 aliphatic carbocycles. The van der Waals surface area contributed by atoms with Gasteiger partial charge >= 0.3 is 12.1 Å². The van der Waals surface area contributed by atoms with Gasteiger partial charge in [0.2, 0.25) is 5.88 Å². The number of nitrogens with zero attached hydrogens (tertiary/aromatic N) is 6. The lowest BCUT2D eigenvalue weighted by Gasteiger charge is -2.46. The summed E-state index contributed by atoms with van der Waals surface area (Å²) in [6, 6.07) is 0.159. The molecule has 40 heavy (non-hydrogen) atoms. The highest BCUT2D eigenvalue weighted by molar-refractivity contribution is 6.30. The van der Waals surface area contributed by atoms with Crippen LogP contribution in [0.2, 0.25) is 5.15 Å². The Bertz CT molecular complexity index is 1310. The zero-order valence-electron chi connectivity index (χ0n) is 23.5. The number of ether oxygens (including phenoxy) is 4. The minimum atomic E-state index is -0.752. The van der Waals surface area contributed by atoms with Gasteiger partial charge in [0.25, 0.3) is 0 Å². The van der Waals surface area contributed by atoms with Crippen LogP contribution in [0.4, 0.5) is 15.0 Å². The monoisotopic (exact) mass is 578 g/mol. The summed E-state index contributed by atoms with van der Waals surface area (Å²) in [7, 11) is 0. The van der Waals surface area contributed by atoms with Gasteiger partial charge in [-0.25, -0.2) is 9.18 Å². The zero-order chi connectivity index (χ0) is 28.3. The van der Waals surface area contributed by atoms with Gasteiger partial charge in [-0.1, -0.05) is 11.6 Å².